The number of nitrogens with zero attached hydrogens (tertiary/aromatic N) is 2. The zero-order valence-electron chi connectivity index (χ0n) is 18.8. The lowest BCUT2D eigenvalue weighted by Gasteiger charge is -2.26. The predicted molar refractivity (Wildman–Crippen MR) is 134 cm³/mol. The summed E-state index contributed by atoms with van der Waals surface area (Å²) in [7, 11) is 0. The number of ether oxygens (including phenoxy) is 1. The molecule has 3 N–H and O–H groups in total. The van der Waals surface area contributed by atoms with Crippen molar-refractivity contribution in [1.82, 2.24) is 20.4 Å². The van der Waals surface area contributed by atoms with Crippen LogP contribution in [-0.4, -0.2) is 51.6 Å². The standard InChI is InChI=1S/C24H25N5O4S2/c30-20(26-22-27-28-23(34)35-22)18(14-16-8-3-1-4-9-16)25-21(31)19-12-7-13-29(19)24(32)33-15-17-10-5-2-6-11-17/h1-6,8-11,18-19H,7,12-15H2,(H,25,31)(H,28,34)(H,26,27,30)/t18-,19-/m0/s1. The second-order valence-electron chi connectivity index (χ2n) is 8.05. The Morgan fingerprint density at radius 3 is 2.46 bits per heavy atom. The molecule has 0 spiro atoms. The Kier molecular flexibility index (Phi) is 8.22. The highest BCUT2D eigenvalue weighted by atomic mass is 32.1. The first-order chi connectivity index (χ1) is 17.0. The molecule has 11 heteroatoms. The van der Waals surface area contributed by atoms with Crippen LogP contribution in [0.3, 0.4) is 0 Å². The summed E-state index contributed by atoms with van der Waals surface area (Å²) in [5.41, 5.74) is 1.75. The molecule has 182 valence electrons. The Balaban J connectivity index is 1.42. The lowest BCUT2D eigenvalue weighted by Crippen LogP contribution is -2.52. The minimum absolute atomic E-state index is 0.124. The molecule has 3 amide bonds. The summed E-state index contributed by atoms with van der Waals surface area (Å²) in [6, 6.07) is 17.1. The van der Waals surface area contributed by atoms with Crippen LogP contribution in [0.4, 0.5) is 9.93 Å². The summed E-state index contributed by atoms with van der Waals surface area (Å²) >= 11 is 6.14. The molecule has 1 aliphatic heterocycles. The number of carbonyl (C=O) groups is 3. The highest BCUT2D eigenvalue weighted by molar-refractivity contribution is 7.73. The molecule has 0 bridgehead atoms. The first-order valence-corrected chi connectivity index (χ1v) is 12.4. The zero-order chi connectivity index (χ0) is 24.6. The van der Waals surface area contributed by atoms with Gasteiger partial charge in [0.2, 0.25) is 16.9 Å². The molecule has 35 heavy (non-hydrogen) atoms. The van der Waals surface area contributed by atoms with Crippen molar-refractivity contribution in [2.24, 2.45) is 0 Å². The van der Waals surface area contributed by atoms with Crippen LogP contribution in [0.25, 0.3) is 0 Å². The Hall–Kier alpha value is -3.57. The maximum absolute atomic E-state index is 13.2. The largest absolute Gasteiger partial charge is 0.445 e. The summed E-state index contributed by atoms with van der Waals surface area (Å²) in [6.45, 7) is 0.539. The Morgan fingerprint density at radius 1 is 1.11 bits per heavy atom. The van der Waals surface area contributed by atoms with Crippen LogP contribution in [0, 0.1) is 3.95 Å². The lowest BCUT2D eigenvalue weighted by molar-refractivity contribution is -0.129. The van der Waals surface area contributed by atoms with Crippen molar-refractivity contribution in [3.63, 3.8) is 0 Å². The van der Waals surface area contributed by atoms with Gasteiger partial charge in [-0.05, 0) is 36.2 Å². The molecule has 9 nitrogen and oxygen atoms in total. The molecule has 0 radical (unpaired) electrons. The second kappa shape index (κ2) is 11.7. The smallest absolute Gasteiger partial charge is 0.410 e. The van der Waals surface area contributed by atoms with Gasteiger partial charge >= 0.3 is 6.09 Å². The van der Waals surface area contributed by atoms with Crippen molar-refractivity contribution in [2.45, 2.75) is 38.0 Å². The fourth-order valence-electron chi connectivity index (χ4n) is 3.86. The van der Waals surface area contributed by atoms with E-state index in [2.05, 4.69) is 20.8 Å². The molecule has 1 aliphatic rings. The first kappa shape index (κ1) is 24.6. The van der Waals surface area contributed by atoms with E-state index < -0.39 is 30.0 Å². The minimum Gasteiger partial charge on any atom is -0.445 e. The summed E-state index contributed by atoms with van der Waals surface area (Å²) in [5.74, 6) is -0.818. The topological polar surface area (TPSA) is 116 Å². The van der Waals surface area contributed by atoms with Gasteiger partial charge < -0.3 is 10.1 Å². The number of rotatable bonds is 8. The van der Waals surface area contributed by atoms with Crippen molar-refractivity contribution in [2.75, 3.05) is 11.9 Å². The number of hydrogen-bond donors (Lipinski definition) is 3. The van der Waals surface area contributed by atoms with Gasteiger partial charge in [-0.3, -0.25) is 24.9 Å². The number of hydrogen-bond acceptors (Lipinski definition) is 7. The minimum atomic E-state index is -0.870. The number of likely N-dealkylation sites (tertiary alicyclic amines) is 1. The summed E-state index contributed by atoms with van der Waals surface area (Å²) in [4.78, 5) is 40.4. The van der Waals surface area contributed by atoms with Crippen molar-refractivity contribution in [3.8, 4) is 0 Å². The third kappa shape index (κ3) is 6.74. The fraction of sp³-hybridized carbons (Fsp3) is 0.292. The molecule has 1 saturated heterocycles. The van der Waals surface area contributed by atoms with Crippen molar-refractivity contribution < 1.29 is 19.1 Å². The third-order valence-corrected chi connectivity index (χ3v) is 6.58. The quantitative estimate of drug-likeness (QED) is 0.398. The van der Waals surface area contributed by atoms with Gasteiger partial charge in [0.15, 0.2) is 3.95 Å². The molecule has 2 heterocycles. The predicted octanol–water partition coefficient (Wildman–Crippen LogP) is 3.67. The molecule has 1 aromatic heterocycles. The van der Waals surface area contributed by atoms with Gasteiger partial charge in [-0.1, -0.05) is 72.0 Å². The number of nitrogens with one attached hydrogen (secondary N) is 3. The Morgan fingerprint density at radius 2 is 1.80 bits per heavy atom. The number of H-pyrrole nitrogens is 1. The normalized spacial score (nSPS) is 15.9. The average Bonchev–Trinajstić information content (AvgIpc) is 3.52. The summed E-state index contributed by atoms with van der Waals surface area (Å²) in [5, 5.41) is 12.4. The van der Waals surface area contributed by atoms with Crippen LogP contribution in [0.1, 0.15) is 24.0 Å². The highest BCUT2D eigenvalue weighted by Crippen LogP contribution is 2.20. The first-order valence-electron chi connectivity index (χ1n) is 11.2. The summed E-state index contributed by atoms with van der Waals surface area (Å²) in [6.07, 6.45) is 0.892. The molecule has 0 aliphatic carbocycles. The van der Waals surface area contributed by atoms with E-state index in [0.29, 0.717) is 28.5 Å². The van der Waals surface area contributed by atoms with Crippen LogP contribution in [0.15, 0.2) is 60.7 Å². The molecule has 2 atom stereocenters. The van der Waals surface area contributed by atoms with Gasteiger partial charge in [0, 0.05) is 13.0 Å². The van der Waals surface area contributed by atoms with Crippen LogP contribution in [0.2, 0.25) is 0 Å². The monoisotopic (exact) mass is 511 g/mol. The van der Waals surface area contributed by atoms with E-state index in [-0.39, 0.29) is 13.0 Å². The Labute approximate surface area is 211 Å². The van der Waals surface area contributed by atoms with Crippen molar-refractivity contribution in [1.29, 1.82) is 0 Å². The summed E-state index contributed by atoms with van der Waals surface area (Å²) < 4.78 is 5.86. The van der Waals surface area contributed by atoms with Gasteiger partial charge in [-0.15, -0.1) is 5.10 Å². The van der Waals surface area contributed by atoms with Crippen LogP contribution < -0.4 is 10.6 Å². The van der Waals surface area contributed by atoms with Crippen LogP contribution >= 0.6 is 23.6 Å². The fourth-order valence-corrected chi connectivity index (χ4v) is 4.66. The van der Waals surface area contributed by atoms with Gasteiger partial charge in [0.1, 0.15) is 18.7 Å². The van der Waals surface area contributed by atoms with E-state index in [1.807, 2.05) is 60.7 Å². The molecular weight excluding hydrogens is 486 g/mol. The average molecular weight is 512 g/mol. The number of anilines is 1. The van der Waals surface area contributed by atoms with Crippen LogP contribution in [0.5, 0.6) is 0 Å². The SMILES string of the molecule is O=C(Nc1n[nH]c(=S)s1)[C@H](Cc1ccccc1)NC(=O)[C@@H]1CCCN1C(=O)OCc1ccccc1. The van der Waals surface area contributed by atoms with Gasteiger partial charge in [0.25, 0.3) is 0 Å². The number of aromatic nitrogens is 2. The van der Waals surface area contributed by atoms with Crippen molar-refractivity contribution >= 4 is 46.6 Å². The maximum atomic E-state index is 13.2. The van der Waals surface area contributed by atoms with E-state index in [4.69, 9.17) is 17.0 Å². The molecule has 2 aromatic carbocycles. The highest BCUT2D eigenvalue weighted by Gasteiger charge is 2.37. The van der Waals surface area contributed by atoms with E-state index in [1.165, 1.54) is 4.90 Å². The molecular formula is C24H25N5O4S2. The lowest BCUT2D eigenvalue weighted by atomic mass is 10.0. The van der Waals surface area contributed by atoms with E-state index in [9.17, 15) is 14.4 Å². The molecule has 3 aromatic rings. The molecule has 4 rings (SSSR count). The molecule has 0 unspecified atom stereocenters. The second-order valence-corrected chi connectivity index (χ2v) is 9.72. The number of benzene rings is 2. The number of aromatic amines is 1. The van der Waals surface area contributed by atoms with Crippen LogP contribution in [-0.2, 0) is 27.4 Å². The maximum Gasteiger partial charge on any atom is 0.410 e. The number of carbonyl (C=O) groups excluding carboxylic acids is 3. The van der Waals surface area contributed by atoms with E-state index >= 15 is 0 Å². The number of amides is 3. The van der Waals surface area contributed by atoms with E-state index in [1.54, 1.807) is 0 Å². The van der Waals surface area contributed by atoms with Gasteiger partial charge in [0.05, 0.1) is 0 Å². The molecule has 1 fully saturated rings. The van der Waals surface area contributed by atoms with E-state index in [0.717, 1.165) is 22.5 Å². The van der Waals surface area contributed by atoms with Gasteiger partial charge in [-0.25, -0.2) is 4.79 Å². The van der Waals surface area contributed by atoms with Crippen molar-refractivity contribution in [3.05, 3.63) is 75.7 Å². The molecule has 0 saturated carbocycles. The van der Waals surface area contributed by atoms with Gasteiger partial charge in [-0.2, -0.15) is 0 Å². The zero-order valence-corrected chi connectivity index (χ0v) is 20.4. The third-order valence-electron chi connectivity index (χ3n) is 5.58. The Bertz CT molecular complexity index is 1220.